The summed E-state index contributed by atoms with van der Waals surface area (Å²) in [5, 5.41) is 19.6. The fourth-order valence-corrected chi connectivity index (χ4v) is 22.0. The highest BCUT2D eigenvalue weighted by molar-refractivity contribution is 7.25. The fourth-order valence-electron chi connectivity index (χ4n) is 19.7. The molecule has 4 heterocycles. The first kappa shape index (κ1) is 65.4. The molecule has 6 aliphatic rings. The van der Waals surface area contributed by atoms with Gasteiger partial charge in [-0.15, -0.1) is 22.7 Å². The van der Waals surface area contributed by atoms with Crippen molar-refractivity contribution in [1.82, 2.24) is 0 Å². The van der Waals surface area contributed by atoms with E-state index in [1.54, 1.807) is 0 Å². The molecule has 0 saturated heterocycles. The number of para-hydroxylation sites is 5. The van der Waals surface area contributed by atoms with E-state index in [0.717, 1.165) is 77.6 Å². The van der Waals surface area contributed by atoms with E-state index in [-0.39, 0.29) is 42.2 Å². The van der Waals surface area contributed by atoms with Crippen LogP contribution in [0.25, 0.3) is 107 Å². The number of allylic oxidation sites excluding steroid dienone is 7. The number of aryl methyl sites for hydroxylation is 3. The molecule has 0 fully saturated rings. The summed E-state index contributed by atoms with van der Waals surface area (Å²) < 4.78 is 17.9. The first-order chi connectivity index (χ1) is 54.1. The highest BCUT2D eigenvalue weighted by atomic mass is 32.1. The van der Waals surface area contributed by atoms with Crippen LogP contribution in [0.15, 0.2) is 279 Å². The third kappa shape index (κ3) is 9.97. The van der Waals surface area contributed by atoms with Crippen molar-refractivity contribution in [2.75, 3.05) is 19.6 Å². The molecule has 22 rings (SSSR count). The predicted octanol–water partition coefficient (Wildman–Crippen LogP) is 28.2. The lowest BCUT2D eigenvalue weighted by molar-refractivity contribution is 0.218. The van der Waals surface area contributed by atoms with Gasteiger partial charge in [-0.05, 0) is 266 Å². The zero-order valence-corrected chi connectivity index (χ0v) is 64.3. The highest BCUT2D eigenvalue weighted by Crippen LogP contribution is 2.56. The molecule has 5 atom stereocenters. The minimum absolute atomic E-state index is 0.00790. The van der Waals surface area contributed by atoms with E-state index in [4.69, 9.17) is 9.47 Å². The molecule has 0 spiro atoms. The van der Waals surface area contributed by atoms with Crippen LogP contribution < -0.4 is 29.1 Å². The lowest BCUT2D eigenvalue weighted by atomic mass is 9.82. The molecule has 110 heavy (non-hydrogen) atoms. The van der Waals surface area contributed by atoms with Crippen molar-refractivity contribution in [3.05, 3.63) is 317 Å². The molecule has 0 saturated carbocycles. The van der Waals surface area contributed by atoms with Crippen molar-refractivity contribution in [3.63, 3.8) is 0 Å². The van der Waals surface area contributed by atoms with E-state index >= 15 is 0 Å². The molecular weight excluding hydrogens is 1380 g/mol. The van der Waals surface area contributed by atoms with Crippen LogP contribution in [-0.4, -0.2) is 30.3 Å². The maximum absolute atomic E-state index is 7.24. The molecule has 2 aromatic heterocycles. The van der Waals surface area contributed by atoms with Gasteiger partial charge in [0.2, 0.25) is 0 Å². The Morgan fingerprint density at radius 2 is 1.02 bits per heavy atom. The Bertz CT molecular complexity index is 6760. The van der Waals surface area contributed by atoms with Gasteiger partial charge in [0.05, 0.1) is 35.2 Å². The highest BCUT2D eigenvalue weighted by Gasteiger charge is 2.40. The molecule has 16 aromatic rings. The van der Waals surface area contributed by atoms with Gasteiger partial charge >= 0.3 is 0 Å². The second-order valence-electron chi connectivity index (χ2n) is 31.5. The number of anilines is 9. The monoisotopic (exact) mass is 1460 g/mol. The number of ether oxygens (including phenoxy) is 2. The van der Waals surface area contributed by atoms with Crippen LogP contribution >= 0.6 is 22.7 Å². The van der Waals surface area contributed by atoms with Gasteiger partial charge in [-0.1, -0.05) is 187 Å². The first-order valence-electron chi connectivity index (χ1n) is 39.7. The Kier molecular flexibility index (Phi) is 15.1. The topological polar surface area (TPSA) is 31.4 Å². The van der Waals surface area contributed by atoms with Crippen LogP contribution in [0.2, 0.25) is 0 Å². The number of thiophene rings is 2. The number of hydrogen-bond donors (Lipinski definition) is 0. The summed E-state index contributed by atoms with van der Waals surface area (Å²) in [5.74, 6) is 2.34. The van der Waals surface area contributed by atoms with Gasteiger partial charge in [0.15, 0.2) is 0 Å². The van der Waals surface area contributed by atoms with Gasteiger partial charge in [-0.3, -0.25) is 0 Å². The Hall–Kier alpha value is -11.7. The van der Waals surface area contributed by atoms with Crippen LogP contribution in [0.1, 0.15) is 104 Å². The summed E-state index contributed by atoms with van der Waals surface area (Å²) in [4.78, 5) is 11.8. The Morgan fingerprint density at radius 1 is 0.427 bits per heavy atom. The van der Waals surface area contributed by atoms with Gasteiger partial charge in [0.25, 0.3) is 0 Å². The molecule has 534 valence electrons. The second-order valence-corrected chi connectivity index (χ2v) is 33.7. The van der Waals surface area contributed by atoms with Crippen molar-refractivity contribution >= 4 is 180 Å². The molecule has 2 aliphatic heterocycles. The maximum Gasteiger partial charge on any atom is 0.144 e. The normalized spacial score (nSPS) is 18.4. The number of nitrogens with zero attached hydrogens (tertiary/aromatic N) is 4. The summed E-state index contributed by atoms with van der Waals surface area (Å²) >= 11 is 3.85. The fraction of sp³-hybridized carbons (Fsp3) is 0.176. The van der Waals surface area contributed by atoms with E-state index in [1.807, 2.05) is 22.7 Å². The van der Waals surface area contributed by atoms with Crippen molar-refractivity contribution in [2.45, 2.75) is 116 Å². The van der Waals surface area contributed by atoms with Gasteiger partial charge in [0, 0.05) is 90.8 Å². The van der Waals surface area contributed by atoms with Crippen LogP contribution in [0.5, 0.6) is 11.5 Å². The number of rotatable bonds is 13. The minimum atomic E-state index is -0.263. The van der Waals surface area contributed by atoms with E-state index in [2.05, 4.69) is 346 Å². The molecule has 0 bridgehead atoms. The van der Waals surface area contributed by atoms with Crippen molar-refractivity contribution in [2.24, 2.45) is 0 Å². The molecule has 0 N–H and O–H groups in total. The number of fused-ring (bicyclic) bond motifs is 10. The predicted molar refractivity (Wildman–Crippen MR) is 472 cm³/mol. The number of benzene rings is 14. The standard InChI is InChI=1S/C102H82N4O2S2/c1-7-61-51-79-83(103(65-23-11-9-12-24-65)67-37-49-96-77(55-67)71-27-15-22-34-95(71)109-96)45-40-69-62(8-2)52-80-85(46-41-70(61)100(80)99(69)79)106-89-30-18-21-33-93(89)108-94-53-63(36-44-90(94)106)64-35-39-72-78-56-68(38-50-97(78)110-98(72)54-64)104(66-25-13-10-14-26-66)84-47-42-73-76(60(5)6)58-82-86(48-43-74-75(59(3)4)57-81(84)101(73)102(74)82)105-87-28-16-19-31-91(87)107-92-32-20-17-29-88(92)105/h9-21,23,25-33,35-60,65,87,90-91,94H,7-8,22,24,34H2,1-6H3. The molecule has 8 heteroatoms. The summed E-state index contributed by atoms with van der Waals surface area (Å²) in [6, 6.07) is 79.4. The zero-order chi connectivity index (χ0) is 73.3. The van der Waals surface area contributed by atoms with E-state index in [1.165, 1.54) is 156 Å². The molecule has 6 nitrogen and oxygen atoms in total. The molecule has 4 aliphatic carbocycles. The van der Waals surface area contributed by atoms with E-state index < -0.39 is 0 Å². The molecule has 14 aromatic carbocycles. The lowest BCUT2D eigenvalue weighted by Crippen LogP contribution is -2.46. The smallest absolute Gasteiger partial charge is 0.144 e. The summed E-state index contributed by atoms with van der Waals surface area (Å²) in [6.07, 6.45) is 34.5. The minimum Gasteiger partial charge on any atom is -0.482 e. The Labute approximate surface area is 649 Å². The second kappa shape index (κ2) is 25.5. The Morgan fingerprint density at radius 3 is 1.76 bits per heavy atom. The third-order valence-electron chi connectivity index (χ3n) is 24.8. The zero-order valence-electron chi connectivity index (χ0n) is 62.6. The van der Waals surface area contributed by atoms with Crippen LogP contribution in [0.3, 0.4) is 0 Å². The van der Waals surface area contributed by atoms with E-state index in [9.17, 15) is 0 Å². The van der Waals surface area contributed by atoms with Crippen molar-refractivity contribution in [3.8, 4) is 11.5 Å². The van der Waals surface area contributed by atoms with E-state index in [0.29, 0.717) is 0 Å². The van der Waals surface area contributed by atoms with Gasteiger partial charge in [0.1, 0.15) is 23.7 Å². The molecular formula is C102H82N4O2S2. The van der Waals surface area contributed by atoms with Gasteiger partial charge < -0.3 is 29.1 Å². The lowest BCUT2D eigenvalue weighted by Gasteiger charge is -2.43. The van der Waals surface area contributed by atoms with Crippen molar-refractivity contribution < 1.29 is 9.47 Å². The van der Waals surface area contributed by atoms with Gasteiger partial charge in [-0.2, -0.15) is 0 Å². The van der Waals surface area contributed by atoms with Gasteiger partial charge in [-0.25, -0.2) is 0 Å². The maximum atomic E-state index is 7.24. The third-order valence-corrected chi connectivity index (χ3v) is 27.2. The summed E-state index contributed by atoms with van der Waals surface area (Å²) in [7, 11) is 0. The first-order valence-corrected chi connectivity index (χ1v) is 41.3. The quantitative estimate of drug-likeness (QED) is 0.107. The van der Waals surface area contributed by atoms with Crippen LogP contribution in [0, 0.1) is 0 Å². The SMILES string of the molecule is CCc1cc2c(N3c4ccccc4OC4C=C(c5ccc6c(c5)sc5ccc(N(c7ccccc7)c7ccc8c(C(C)C)cc9c(N%10c%11ccccc%11OC%11C=CC=CC%11%10)ccc%10c(C(C)C)cc7c8c%109)cc56)C=CC43)ccc3c(CC)cc4c(N(c5ccc6sc7c(c6c5)C=CCC7)C5C=CC=CC5)ccc1c4c32. The van der Waals surface area contributed by atoms with Crippen LogP contribution in [0.4, 0.5) is 51.2 Å². The average Bonchev–Trinajstić information content (AvgIpc) is 0.801. The molecule has 0 radical (unpaired) electrons. The number of hydrogen-bond acceptors (Lipinski definition) is 8. The molecule has 0 amide bonds. The molecule has 5 unspecified atom stereocenters. The van der Waals surface area contributed by atoms with Crippen LogP contribution in [-0.2, 0) is 19.3 Å². The van der Waals surface area contributed by atoms with Crippen molar-refractivity contribution in [1.29, 1.82) is 0 Å². The Balaban J connectivity index is 0.645. The average molecular weight is 1460 g/mol. The largest absolute Gasteiger partial charge is 0.482 e. The summed E-state index contributed by atoms with van der Waals surface area (Å²) in [6.45, 7) is 14.1. The summed E-state index contributed by atoms with van der Waals surface area (Å²) in [5.41, 5.74) is 19.6.